The largest absolute Gasteiger partial charge is 0.308 e. The van der Waals surface area contributed by atoms with Gasteiger partial charge < -0.3 is 9.80 Å². The van der Waals surface area contributed by atoms with Gasteiger partial charge in [-0.2, -0.15) is 0 Å². The van der Waals surface area contributed by atoms with E-state index in [1.807, 2.05) is 0 Å². The first-order valence-corrected chi connectivity index (χ1v) is 6.68. The van der Waals surface area contributed by atoms with Gasteiger partial charge in [-0.3, -0.25) is 0 Å². The van der Waals surface area contributed by atoms with Crippen molar-refractivity contribution in [3.05, 3.63) is 35.9 Å². The summed E-state index contributed by atoms with van der Waals surface area (Å²) in [5, 5.41) is 0. The number of likely N-dealkylation sites (N-methyl/N-ethyl adjacent to an activating group) is 1. The lowest BCUT2D eigenvalue weighted by Gasteiger charge is -2.32. The fourth-order valence-corrected chi connectivity index (χ4v) is 2.56. The van der Waals surface area contributed by atoms with E-state index in [1.165, 1.54) is 44.6 Å². The van der Waals surface area contributed by atoms with Gasteiger partial charge in [-0.1, -0.05) is 30.3 Å². The Hall–Kier alpha value is -0.860. The minimum atomic E-state index is 0.784. The second kappa shape index (κ2) is 6.18. The Labute approximate surface area is 105 Å². The van der Waals surface area contributed by atoms with Crippen LogP contribution in [0, 0.1) is 0 Å². The highest BCUT2D eigenvalue weighted by atomic mass is 15.2. The quantitative estimate of drug-likeness (QED) is 0.786. The van der Waals surface area contributed by atoms with Gasteiger partial charge in [0.1, 0.15) is 0 Å². The van der Waals surface area contributed by atoms with Crippen molar-refractivity contribution in [3.63, 3.8) is 0 Å². The van der Waals surface area contributed by atoms with Gasteiger partial charge in [0.25, 0.3) is 0 Å². The average molecular weight is 232 g/mol. The van der Waals surface area contributed by atoms with Crippen molar-refractivity contribution >= 4 is 0 Å². The van der Waals surface area contributed by atoms with Crippen LogP contribution in [0.15, 0.2) is 30.3 Å². The van der Waals surface area contributed by atoms with Gasteiger partial charge in [0.15, 0.2) is 0 Å². The zero-order chi connectivity index (χ0) is 12.1. The SMILES string of the molecule is CN(C)CCN1CCC(c2ccccc2)CC1. The van der Waals surface area contributed by atoms with Crippen LogP contribution in [0.4, 0.5) is 0 Å². The summed E-state index contributed by atoms with van der Waals surface area (Å²) in [7, 11) is 4.30. The van der Waals surface area contributed by atoms with Crippen molar-refractivity contribution in [2.45, 2.75) is 18.8 Å². The molecule has 1 saturated heterocycles. The van der Waals surface area contributed by atoms with Crippen molar-refractivity contribution in [2.24, 2.45) is 0 Å². The van der Waals surface area contributed by atoms with Crippen LogP contribution in [0.5, 0.6) is 0 Å². The Kier molecular flexibility index (Phi) is 4.57. The van der Waals surface area contributed by atoms with E-state index in [2.05, 4.69) is 54.2 Å². The van der Waals surface area contributed by atoms with Crippen LogP contribution < -0.4 is 0 Å². The van der Waals surface area contributed by atoms with Gasteiger partial charge in [0.2, 0.25) is 0 Å². The summed E-state index contributed by atoms with van der Waals surface area (Å²) in [6, 6.07) is 11.0. The molecular formula is C15H24N2. The molecule has 0 aromatic heterocycles. The predicted molar refractivity (Wildman–Crippen MR) is 73.4 cm³/mol. The molecule has 0 N–H and O–H groups in total. The van der Waals surface area contributed by atoms with E-state index in [-0.39, 0.29) is 0 Å². The minimum absolute atomic E-state index is 0.784. The highest BCUT2D eigenvalue weighted by molar-refractivity contribution is 5.19. The number of rotatable bonds is 4. The molecule has 0 radical (unpaired) electrons. The van der Waals surface area contributed by atoms with E-state index in [9.17, 15) is 0 Å². The van der Waals surface area contributed by atoms with Crippen LogP contribution in [0.25, 0.3) is 0 Å². The molecule has 2 nitrogen and oxygen atoms in total. The van der Waals surface area contributed by atoms with Gasteiger partial charge in [0, 0.05) is 13.1 Å². The van der Waals surface area contributed by atoms with Crippen LogP contribution in [0.1, 0.15) is 24.3 Å². The van der Waals surface area contributed by atoms with Crippen molar-refractivity contribution < 1.29 is 0 Å². The summed E-state index contributed by atoms with van der Waals surface area (Å²) in [6.45, 7) is 4.91. The fourth-order valence-electron chi connectivity index (χ4n) is 2.56. The van der Waals surface area contributed by atoms with E-state index >= 15 is 0 Å². The van der Waals surface area contributed by atoms with Gasteiger partial charge in [0.05, 0.1) is 0 Å². The molecule has 1 aliphatic heterocycles. The zero-order valence-electron chi connectivity index (χ0n) is 11.1. The Morgan fingerprint density at radius 1 is 1.12 bits per heavy atom. The fraction of sp³-hybridized carbons (Fsp3) is 0.600. The Balaban J connectivity index is 1.78. The third-order valence-electron chi connectivity index (χ3n) is 3.72. The smallest absolute Gasteiger partial charge is 0.0109 e. The lowest BCUT2D eigenvalue weighted by Crippen LogP contribution is -2.37. The van der Waals surface area contributed by atoms with Crippen LogP contribution in [0.2, 0.25) is 0 Å². The maximum atomic E-state index is 2.60. The molecule has 2 heteroatoms. The van der Waals surface area contributed by atoms with Crippen molar-refractivity contribution in [1.82, 2.24) is 9.80 Å². The monoisotopic (exact) mass is 232 g/mol. The van der Waals surface area contributed by atoms with Gasteiger partial charge >= 0.3 is 0 Å². The summed E-state index contributed by atoms with van der Waals surface area (Å²) >= 11 is 0. The van der Waals surface area contributed by atoms with Crippen molar-refractivity contribution in [3.8, 4) is 0 Å². The van der Waals surface area contributed by atoms with Crippen LogP contribution in [0.3, 0.4) is 0 Å². The molecule has 94 valence electrons. The molecule has 0 amide bonds. The first-order chi connectivity index (χ1) is 8.25. The van der Waals surface area contributed by atoms with E-state index in [4.69, 9.17) is 0 Å². The molecule has 0 aliphatic carbocycles. The molecule has 17 heavy (non-hydrogen) atoms. The third kappa shape index (κ3) is 3.83. The van der Waals surface area contributed by atoms with E-state index in [1.54, 1.807) is 0 Å². The first-order valence-electron chi connectivity index (χ1n) is 6.68. The Morgan fingerprint density at radius 2 is 1.76 bits per heavy atom. The number of hydrogen-bond donors (Lipinski definition) is 0. The lowest BCUT2D eigenvalue weighted by atomic mass is 9.89. The van der Waals surface area contributed by atoms with Crippen LogP contribution in [-0.4, -0.2) is 50.1 Å². The molecule has 1 heterocycles. The maximum absolute atomic E-state index is 2.60. The molecule has 1 aromatic rings. The summed E-state index contributed by atoms with van der Waals surface area (Å²) in [5.74, 6) is 0.784. The molecule has 0 unspecified atom stereocenters. The Bertz CT molecular complexity index is 313. The molecule has 0 bridgehead atoms. The second-order valence-electron chi connectivity index (χ2n) is 5.33. The zero-order valence-corrected chi connectivity index (χ0v) is 11.1. The summed E-state index contributed by atoms with van der Waals surface area (Å²) in [4.78, 5) is 4.86. The predicted octanol–water partition coefficient (Wildman–Crippen LogP) is 2.43. The molecule has 0 spiro atoms. The van der Waals surface area contributed by atoms with Gasteiger partial charge in [-0.15, -0.1) is 0 Å². The van der Waals surface area contributed by atoms with Gasteiger partial charge in [-0.05, 0) is 51.5 Å². The maximum Gasteiger partial charge on any atom is 0.0109 e. The summed E-state index contributed by atoms with van der Waals surface area (Å²) in [6.07, 6.45) is 2.63. The van der Waals surface area contributed by atoms with Gasteiger partial charge in [-0.25, -0.2) is 0 Å². The number of piperidine rings is 1. The summed E-state index contributed by atoms with van der Waals surface area (Å²) < 4.78 is 0. The normalized spacial score (nSPS) is 18.8. The number of likely N-dealkylation sites (tertiary alicyclic amines) is 1. The number of nitrogens with zero attached hydrogens (tertiary/aromatic N) is 2. The standard InChI is InChI=1S/C15H24N2/c1-16(2)12-13-17-10-8-15(9-11-17)14-6-4-3-5-7-14/h3-7,15H,8-13H2,1-2H3. The molecule has 2 rings (SSSR count). The second-order valence-corrected chi connectivity index (χ2v) is 5.33. The van der Waals surface area contributed by atoms with E-state index in [0.717, 1.165) is 5.92 Å². The van der Waals surface area contributed by atoms with Crippen molar-refractivity contribution in [1.29, 1.82) is 0 Å². The van der Waals surface area contributed by atoms with Crippen LogP contribution >= 0.6 is 0 Å². The lowest BCUT2D eigenvalue weighted by molar-refractivity contribution is 0.194. The minimum Gasteiger partial charge on any atom is -0.308 e. The molecule has 0 saturated carbocycles. The highest BCUT2D eigenvalue weighted by Gasteiger charge is 2.19. The van der Waals surface area contributed by atoms with Crippen molar-refractivity contribution in [2.75, 3.05) is 40.3 Å². The van der Waals surface area contributed by atoms with Crippen LogP contribution in [-0.2, 0) is 0 Å². The average Bonchev–Trinajstić information content (AvgIpc) is 2.38. The highest BCUT2D eigenvalue weighted by Crippen LogP contribution is 2.27. The topological polar surface area (TPSA) is 6.48 Å². The third-order valence-corrected chi connectivity index (χ3v) is 3.72. The van der Waals surface area contributed by atoms with E-state index in [0.29, 0.717) is 0 Å². The number of hydrogen-bond acceptors (Lipinski definition) is 2. The molecular weight excluding hydrogens is 208 g/mol. The molecule has 1 aliphatic rings. The molecule has 0 atom stereocenters. The number of benzene rings is 1. The first kappa shape index (κ1) is 12.6. The summed E-state index contributed by atoms with van der Waals surface area (Å²) in [5.41, 5.74) is 1.53. The Morgan fingerprint density at radius 3 is 2.35 bits per heavy atom. The molecule has 1 fully saturated rings. The van der Waals surface area contributed by atoms with E-state index < -0.39 is 0 Å². The molecule has 1 aromatic carbocycles.